The van der Waals surface area contributed by atoms with E-state index in [2.05, 4.69) is 22.1 Å². The van der Waals surface area contributed by atoms with Gasteiger partial charge in [0.25, 0.3) is 5.91 Å². The molecule has 0 radical (unpaired) electrons. The minimum absolute atomic E-state index is 0.0525. The van der Waals surface area contributed by atoms with Crippen LogP contribution in [0.1, 0.15) is 29.4 Å². The largest absolute Gasteiger partial charge is 0.382 e. The summed E-state index contributed by atoms with van der Waals surface area (Å²) in [5.41, 5.74) is 5.83. The lowest BCUT2D eigenvalue weighted by atomic mass is 10.3. The molecule has 20 heavy (non-hydrogen) atoms. The van der Waals surface area contributed by atoms with E-state index >= 15 is 0 Å². The zero-order valence-electron chi connectivity index (χ0n) is 12.8. The highest BCUT2D eigenvalue weighted by molar-refractivity contribution is 7.18. The number of anilines is 2. The SMILES string of the molecule is CCCNc1nc(N)c(C(=O)N(C)CCCN(C)C)s1. The number of rotatable bonds is 8. The van der Waals surface area contributed by atoms with E-state index in [1.165, 1.54) is 11.3 Å². The number of thiazole rings is 1. The predicted octanol–water partition coefficient (Wildman–Crippen LogP) is 1.57. The van der Waals surface area contributed by atoms with Gasteiger partial charge in [0.05, 0.1) is 0 Å². The molecular weight excluding hydrogens is 274 g/mol. The third kappa shape index (κ3) is 4.97. The predicted molar refractivity (Wildman–Crippen MR) is 85.4 cm³/mol. The van der Waals surface area contributed by atoms with Crippen molar-refractivity contribution in [3.63, 3.8) is 0 Å². The Morgan fingerprint density at radius 2 is 2.05 bits per heavy atom. The fourth-order valence-electron chi connectivity index (χ4n) is 1.69. The number of hydrogen-bond acceptors (Lipinski definition) is 6. The Labute approximate surface area is 125 Å². The van der Waals surface area contributed by atoms with Crippen molar-refractivity contribution >= 4 is 28.2 Å². The topological polar surface area (TPSA) is 74.5 Å². The number of nitrogens with one attached hydrogen (secondary N) is 1. The molecule has 0 aliphatic carbocycles. The zero-order chi connectivity index (χ0) is 15.1. The molecular formula is C13H25N5OS. The summed E-state index contributed by atoms with van der Waals surface area (Å²) in [5, 5.41) is 3.87. The first-order valence-electron chi connectivity index (χ1n) is 6.86. The van der Waals surface area contributed by atoms with Crippen molar-refractivity contribution in [2.24, 2.45) is 0 Å². The molecule has 0 spiro atoms. The Kier molecular flexibility index (Phi) is 6.74. The first-order chi connectivity index (χ1) is 9.45. The highest BCUT2D eigenvalue weighted by Gasteiger charge is 2.19. The minimum Gasteiger partial charge on any atom is -0.382 e. The van der Waals surface area contributed by atoms with Gasteiger partial charge in [0, 0.05) is 20.1 Å². The Morgan fingerprint density at radius 1 is 1.35 bits per heavy atom. The smallest absolute Gasteiger partial charge is 0.267 e. The first-order valence-corrected chi connectivity index (χ1v) is 7.67. The van der Waals surface area contributed by atoms with E-state index in [1.807, 2.05) is 14.1 Å². The molecule has 0 atom stereocenters. The van der Waals surface area contributed by atoms with Gasteiger partial charge < -0.3 is 20.9 Å². The van der Waals surface area contributed by atoms with Gasteiger partial charge in [-0.25, -0.2) is 4.98 Å². The molecule has 1 rings (SSSR count). The van der Waals surface area contributed by atoms with E-state index in [9.17, 15) is 4.79 Å². The van der Waals surface area contributed by atoms with Gasteiger partial charge in [0.2, 0.25) is 0 Å². The maximum absolute atomic E-state index is 12.3. The minimum atomic E-state index is -0.0525. The third-order valence-corrected chi connectivity index (χ3v) is 3.84. The van der Waals surface area contributed by atoms with Crippen LogP contribution < -0.4 is 11.1 Å². The van der Waals surface area contributed by atoms with Crippen LogP contribution in [0.15, 0.2) is 0 Å². The van der Waals surface area contributed by atoms with Crippen molar-refractivity contribution in [2.75, 3.05) is 51.8 Å². The average Bonchev–Trinajstić information content (AvgIpc) is 2.76. The molecule has 0 aliphatic heterocycles. The molecule has 1 amide bonds. The summed E-state index contributed by atoms with van der Waals surface area (Å²) >= 11 is 1.33. The Morgan fingerprint density at radius 3 is 2.65 bits per heavy atom. The Bertz CT molecular complexity index is 432. The number of nitrogens with zero attached hydrogens (tertiary/aromatic N) is 3. The van der Waals surface area contributed by atoms with E-state index in [4.69, 9.17) is 5.73 Å². The molecule has 1 aromatic rings. The van der Waals surface area contributed by atoms with E-state index in [0.717, 1.165) is 31.1 Å². The Balaban J connectivity index is 2.59. The highest BCUT2D eigenvalue weighted by atomic mass is 32.1. The summed E-state index contributed by atoms with van der Waals surface area (Å²) in [6.07, 6.45) is 1.95. The lowest BCUT2D eigenvalue weighted by Gasteiger charge is -2.17. The number of hydrogen-bond donors (Lipinski definition) is 2. The molecule has 114 valence electrons. The van der Waals surface area contributed by atoms with E-state index in [1.54, 1.807) is 11.9 Å². The van der Waals surface area contributed by atoms with Gasteiger partial charge in [-0.2, -0.15) is 0 Å². The van der Waals surface area contributed by atoms with Crippen LogP contribution in [0, 0.1) is 0 Å². The molecule has 0 saturated heterocycles. The maximum atomic E-state index is 12.3. The van der Waals surface area contributed by atoms with Crippen molar-refractivity contribution in [1.82, 2.24) is 14.8 Å². The normalized spacial score (nSPS) is 10.8. The van der Waals surface area contributed by atoms with E-state index < -0.39 is 0 Å². The quantitative estimate of drug-likeness (QED) is 0.762. The van der Waals surface area contributed by atoms with Crippen LogP contribution in [-0.4, -0.2) is 61.5 Å². The lowest BCUT2D eigenvalue weighted by Crippen LogP contribution is -2.29. The number of aromatic nitrogens is 1. The number of amides is 1. The van der Waals surface area contributed by atoms with Crippen molar-refractivity contribution in [3.8, 4) is 0 Å². The molecule has 1 heterocycles. The van der Waals surface area contributed by atoms with Gasteiger partial charge in [-0.1, -0.05) is 18.3 Å². The second-order valence-corrected chi connectivity index (χ2v) is 6.04. The van der Waals surface area contributed by atoms with Gasteiger partial charge in [-0.15, -0.1) is 0 Å². The molecule has 0 bridgehead atoms. The van der Waals surface area contributed by atoms with Crippen LogP contribution in [0.3, 0.4) is 0 Å². The van der Waals surface area contributed by atoms with Gasteiger partial charge in [0.15, 0.2) is 5.13 Å². The standard InChI is InChI=1S/C13H25N5OS/c1-5-7-15-13-16-11(14)10(20-13)12(19)18(4)9-6-8-17(2)3/h5-9,14H2,1-4H3,(H,15,16). The molecule has 0 aromatic carbocycles. The van der Waals surface area contributed by atoms with Crippen molar-refractivity contribution in [3.05, 3.63) is 4.88 Å². The third-order valence-electron chi connectivity index (χ3n) is 2.82. The van der Waals surface area contributed by atoms with Crippen LogP contribution in [0.25, 0.3) is 0 Å². The Hall–Kier alpha value is -1.34. The van der Waals surface area contributed by atoms with Gasteiger partial charge in [-0.05, 0) is 33.5 Å². The summed E-state index contributed by atoms with van der Waals surface area (Å²) in [4.78, 5) is 20.8. The summed E-state index contributed by atoms with van der Waals surface area (Å²) in [6, 6.07) is 0. The summed E-state index contributed by atoms with van der Waals surface area (Å²) in [6.45, 7) is 4.58. The number of nitrogen functional groups attached to an aromatic ring is 1. The lowest BCUT2D eigenvalue weighted by molar-refractivity contribution is 0.0796. The monoisotopic (exact) mass is 299 g/mol. The maximum Gasteiger partial charge on any atom is 0.267 e. The highest BCUT2D eigenvalue weighted by Crippen LogP contribution is 2.26. The molecule has 0 unspecified atom stereocenters. The average molecular weight is 299 g/mol. The van der Waals surface area contributed by atoms with Crippen LogP contribution in [0.4, 0.5) is 10.9 Å². The zero-order valence-corrected chi connectivity index (χ0v) is 13.6. The number of carbonyl (C=O) groups excluding carboxylic acids is 1. The van der Waals surface area contributed by atoms with Gasteiger partial charge >= 0.3 is 0 Å². The molecule has 6 nitrogen and oxygen atoms in total. The van der Waals surface area contributed by atoms with Crippen LogP contribution >= 0.6 is 11.3 Å². The summed E-state index contributed by atoms with van der Waals surface area (Å²) in [5.74, 6) is 0.265. The fourth-order valence-corrected chi connectivity index (χ4v) is 2.60. The number of nitrogens with two attached hydrogens (primary N) is 1. The molecule has 1 aromatic heterocycles. The molecule has 0 aliphatic rings. The van der Waals surface area contributed by atoms with E-state index in [0.29, 0.717) is 17.2 Å². The van der Waals surface area contributed by atoms with Gasteiger partial charge in [0.1, 0.15) is 10.7 Å². The van der Waals surface area contributed by atoms with E-state index in [-0.39, 0.29) is 5.91 Å². The summed E-state index contributed by atoms with van der Waals surface area (Å²) < 4.78 is 0. The van der Waals surface area contributed by atoms with Crippen LogP contribution in [-0.2, 0) is 0 Å². The second-order valence-electron chi connectivity index (χ2n) is 5.04. The molecule has 0 fully saturated rings. The molecule has 3 N–H and O–H groups in total. The first kappa shape index (κ1) is 16.7. The molecule has 7 heteroatoms. The summed E-state index contributed by atoms with van der Waals surface area (Å²) in [7, 11) is 5.85. The fraction of sp³-hybridized carbons (Fsp3) is 0.692. The van der Waals surface area contributed by atoms with Crippen molar-refractivity contribution in [1.29, 1.82) is 0 Å². The van der Waals surface area contributed by atoms with Crippen LogP contribution in [0.5, 0.6) is 0 Å². The number of carbonyl (C=O) groups is 1. The van der Waals surface area contributed by atoms with Crippen molar-refractivity contribution < 1.29 is 4.79 Å². The van der Waals surface area contributed by atoms with Crippen molar-refractivity contribution in [2.45, 2.75) is 19.8 Å². The second kappa shape index (κ2) is 8.06. The van der Waals surface area contributed by atoms with Gasteiger partial charge in [-0.3, -0.25) is 4.79 Å². The molecule has 0 saturated carbocycles. The van der Waals surface area contributed by atoms with Crippen LogP contribution in [0.2, 0.25) is 0 Å².